The highest BCUT2D eigenvalue weighted by atomic mass is 16.1. The van der Waals surface area contributed by atoms with Crippen LogP contribution in [0.15, 0.2) is 36.5 Å². The Kier molecular flexibility index (Phi) is 3.86. The van der Waals surface area contributed by atoms with Crippen molar-refractivity contribution in [2.24, 2.45) is 0 Å². The third kappa shape index (κ3) is 2.59. The summed E-state index contributed by atoms with van der Waals surface area (Å²) in [5.74, 6) is -0.129. The van der Waals surface area contributed by atoms with Gasteiger partial charge in [-0.05, 0) is 32.4 Å². The van der Waals surface area contributed by atoms with Gasteiger partial charge in [0.05, 0.1) is 22.8 Å². The van der Waals surface area contributed by atoms with Gasteiger partial charge in [0.1, 0.15) is 0 Å². The Morgan fingerprint density at radius 2 is 2.00 bits per heavy atom. The number of aryl methyl sites for hydroxylation is 1. The van der Waals surface area contributed by atoms with E-state index < -0.39 is 0 Å². The van der Waals surface area contributed by atoms with Crippen LogP contribution in [0.5, 0.6) is 0 Å². The molecule has 2 heterocycles. The summed E-state index contributed by atoms with van der Waals surface area (Å²) in [6.07, 6.45) is 1.72. The predicted octanol–water partition coefficient (Wildman–Crippen LogP) is 3.35. The lowest BCUT2D eigenvalue weighted by atomic mass is 10.0. The van der Waals surface area contributed by atoms with Crippen LogP contribution in [0.1, 0.15) is 35.8 Å². The molecule has 0 aliphatic rings. The average molecular weight is 308 g/mol. The van der Waals surface area contributed by atoms with Crippen molar-refractivity contribution in [2.75, 3.05) is 7.05 Å². The molecule has 2 aromatic heterocycles. The number of rotatable bonds is 3. The van der Waals surface area contributed by atoms with Gasteiger partial charge in [0.15, 0.2) is 5.65 Å². The molecule has 118 valence electrons. The number of carbonyl (C=O) groups is 1. The van der Waals surface area contributed by atoms with Crippen molar-refractivity contribution >= 4 is 16.9 Å². The van der Waals surface area contributed by atoms with Crippen LogP contribution >= 0.6 is 0 Å². The molecule has 5 heteroatoms. The molecule has 0 bridgehead atoms. The monoisotopic (exact) mass is 308 g/mol. The highest BCUT2D eigenvalue weighted by Gasteiger charge is 2.18. The summed E-state index contributed by atoms with van der Waals surface area (Å²) in [5, 5.41) is 7.88. The maximum atomic E-state index is 12.3. The zero-order valence-electron chi connectivity index (χ0n) is 13.8. The zero-order valence-corrected chi connectivity index (χ0v) is 13.8. The van der Waals surface area contributed by atoms with Gasteiger partial charge in [-0.25, -0.2) is 9.67 Å². The molecule has 3 rings (SSSR count). The molecule has 0 aliphatic heterocycles. The van der Waals surface area contributed by atoms with Crippen LogP contribution in [-0.4, -0.2) is 27.7 Å². The van der Waals surface area contributed by atoms with Gasteiger partial charge in [0.2, 0.25) is 0 Å². The lowest BCUT2D eigenvalue weighted by molar-refractivity contribution is 0.0964. The molecule has 0 radical (unpaired) electrons. The van der Waals surface area contributed by atoms with E-state index in [1.54, 1.807) is 13.2 Å². The third-order valence-electron chi connectivity index (χ3n) is 3.95. The molecule has 0 unspecified atom stereocenters. The van der Waals surface area contributed by atoms with Crippen LogP contribution < -0.4 is 5.32 Å². The molecule has 0 saturated heterocycles. The van der Waals surface area contributed by atoms with Gasteiger partial charge in [-0.1, -0.05) is 24.3 Å². The summed E-state index contributed by atoms with van der Waals surface area (Å²) in [6.45, 7) is 6.14. The standard InChI is InChI=1S/C18H20N4O/c1-11(2)22-17-15(10-20-22)14(18(23)19-4)9-16(21-17)13-8-6-5-7-12(13)3/h5-11H,1-4H3,(H,19,23). The molecule has 1 amide bonds. The predicted molar refractivity (Wildman–Crippen MR) is 91.5 cm³/mol. The molecule has 0 fully saturated rings. The van der Waals surface area contributed by atoms with Crippen molar-refractivity contribution < 1.29 is 4.79 Å². The first-order chi connectivity index (χ1) is 11.0. The van der Waals surface area contributed by atoms with Gasteiger partial charge in [-0.2, -0.15) is 5.10 Å². The first kappa shape index (κ1) is 15.2. The van der Waals surface area contributed by atoms with E-state index >= 15 is 0 Å². The Labute approximate surface area is 135 Å². The SMILES string of the molecule is CNC(=O)c1cc(-c2ccccc2C)nc2c1cnn2C(C)C. The minimum Gasteiger partial charge on any atom is -0.355 e. The molecule has 0 aliphatic carbocycles. The van der Waals surface area contributed by atoms with E-state index in [1.807, 2.05) is 55.8 Å². The minimum absolute atomic E-state index is 0.129. The second kappa shape index (κ2) is 5.83. The Hall–Kier alpha value is -2.69. The van der Waals surface area contributed by atoms with Crippen molar-refractivity contribution in [3.63, 3.8) is 0 Å². The van der Waals surface area contributed by atoms with Crippen LogP contribution in [0.3, 0.4) is 0 Å². The molecule has 23 heavy (non-hydrogen) atoms. The number of hydrogen-bond acceptors (Lipinski definition) is 3. The number of benzene rings is 1. The van der Waals surface area contributed by atoms with Crippen LogP contribution in [0, 0.1) is 6.92 Å². The largest absolute Gasteiger partial charge is 0.355 e. The minimum atomic E-state index is -0.129. The molecule has 5 nitrogen and oxygen atoms in total. The number of nitrogens with one attached hydrogen (secondary N) is 1. The summed E-state index contributed by atoms with van der Waals surface area (Å²) in [4.78, 5) is 17.1. The van der Waals surface area contributed by atoms with Crippen molar-refractivity contribution in [3.8, 4) is 11.3 Å². The average Bonchev–Trinajstić information content (AvgIpc) is 2.97. The normalized spacial score (nSPS) is 11.2. The number of carbonyl (C=O) groups excluding carboxylic acids is 1. The van der Waals surface area contributed by atoms with Crippen LogP contribution in [0.4, 0.5) is 0 Å². The molecule has 0 spiro atoms. The number of fused-ring (bicyclic) bond motifs is 1. The first-order valence-electron chi connectivity index (χ1n) is 7.69. The molecule has 1 N–H and O–H groups in total. The summed E-state index contributed by atoms with van der Waals surface area (Å²) in [7, 11) is 1.63. The number of hydrogen-bond donors (Lipinski definition) is 1. The molecule has 0 saturated carbocycles. The topological polar surface area (TPSA) is 59.8 Å². The number of aromatic nitrogens is 3. The molecule has 0 atom stereocenters. The number of nitrogens with zero attached hydrogens (tertiary/aromatic N) is 3. The highest BCUT2D eigenvalue weighted by Crippen LogP contribution is 2.28. The summed E-state index contributed by atoms with van der Waals surface area (Å²) in [5.41, 5.74) is 4.27. The van der Waals surface area contributed by atoms with Crippen molar-refractivity contribution in [1.82, 2.24) is 20.1 Å². The van der Waals surface area contributed by atoms with E-state index in [1.165, 1.54) is 0 Å². The van der Waals surface area contributed by atoms with Gasteiger partial charge < -0.3 is 5.32 Å². The van der Waals surface area contributed by atoms with Crippen LogP contribution in [0.25, 0.3) is 22.3 Å². The van der Waals surface area contributed by atoms with Gasteiger partial charge in [0.25, 0.3) is 5.91 Å². The maximum Gasteiger partial charge on any atom is 0.251 e. The number of pyridine rings is 1. The van der Waals surface area contributed by atoms with E-state index in [2.05, 4.69) is 10.4 Å². The Morgan fingerprint density at radius 1 is 1.26 bits per heavy atom. The fourth-order valence-corrected chi connectivity index (χ4v) is 2.72. The van der Waals surface area contributed by atoms with E-state index in [4.69, 9.17) is 4.98 Å². The van der Waals surface area contributed by atoms with Crippen molar-refractivity contribution in [1.29, 1.82) is 0 Å². The smallest absolute Gasteiger partial charge is 0.251 e. The summed E-state index contributed by atoms with van der Waals surface area (Å²) < 4.78 is 1.85. The van der Waals surface area contributed by atoms with Gasteiger partial charge in [-0.15, -0.1) is 0 Å². The molecular weight excluding hydrogens is 288 g/mol. The van der Waals surface area contributed by atoms with Crippen molar-refractivity contribution in [2.45, 2.75) is 26.8 Å². The third-order valence-corrected chi connectivity index (χ3v) is 3.95. The Balaban J connectivity index is 2.33. The van der Waals surface area contributed by atoms with Gasteiger partial charge in [0, 0.05) is 18.7 Å². The zero-order chi connectivity index (χ0) is 16.6. The molecule has 3 aromatic rings. The lowest BCUT2D eigenvalue weighted by Gasteiger charge is -2.11. The Morgan fingerprint density at radius 3 is 2.65 bits per heavy atom. The maximum absolute atomic E-state index is 12.3. The second-order valence-electron chi connectivity index (χ2n) is 5.87. The summed E-state index contributed by atoms with van der Waals surface area (Å²) in [6, 6.07) is 10.1. The van der Waals surface area contributed by atoms with E-state index in [0.717, 1.165) is 27.9 Å². The van der Waals surface area contributed by atoms with E-state index in [9.17, 15) is 4.79 Å². The highest BCUT2D eigenvalue weighted by molar-refractivity contribution is 6.06. The van der Waals surface area contributed by atoms with Gasteiger partial charge >= 0.3 is 0 Å². The number of amides is 1. The summed E-state index contributed by atoms with van der Waals surface area (Å²) >= 11 is 0. The fraction of sp³-hybridized carbons (Fsp3) is 0.278. The molecular formula is C18H20N4O. The van der Waals surface area contributed by atoms with E-state index in [0.29, 0.717) is 5.56 Å². The quantitative estimate of drug-likeness (QED) is 0.807. The van der Waals surface area contributed by atoms with Crippen LogP contribution in [-0.2, 0) is 0 Å². The van der Waals surface area contributed by atoms with E-state index in [-0.39, 0.29) is 11.9 Å². The molecule has 1 aromatic carbocycles. The van der Waals surface area contributed by atoms with Crippen LogP contribution in [0.2, 0.25) is 0 Å². The lowest BCUT2D eigenvalue weighted by Crippen LogP contribution is -2.18. The second-order valence-corrected chi connectivity index (χ2v) is 5.87. The van der Waals surface area contributed by atoms with Crippen molar-refractivity contribution in [3.05, 3.63) is 47.7 Å². The van der Waals surface area contributed by atoms with Gasteiger partial charge in [-0.3, -0.25) is 4.79 Å². The Bertz CT molecular complexity index is 880. The first-order valence-corrected chi connectivity index (χ1v) is 7.69. The fourth-order valence-electron chi connectivity index (χ4n) is 2.72.